The number of hydrogen-bond donors (Lipinski definition) is 1. The lowest BCUT2D eigenvalue weighted by Gasteiger charge is -2.38. The summed E-state index contributed by atoms with van der Waals surface area (Å²) in [6, 6.07) is 0. The summed E-state index contributed by atoms with van der Waals surface area (Å²) in [4.78, 5) is 2.49. The molecule has 0 radical (unpaired) electrons. The van der Waals surface area contributed by atoms with Crippen molar-refractivity contribution in [3.63, 3.8) is 0 Å². The Balaban J connectivity index is 4.41. The molecule has 0 saturated heterocycles. The van der Waals surface area contributed by atoms with E-state index >= 15 is 0 Å². The Morgan fingerprint density at radius 1 is 1.11 bits per heavy atom. The van der Waals surface area contributed by atoms with Gasteiger partial charge in [-0.25, -0.2) is 0 Å². The van der Waals surface area contributed by atoms with Gasteiger partial charge in [-0.05, 0) is 52.3 Å². The van der Waals surface area contributed by atoms with Crippen LogP contribution in [-0.4, -0.2) is 49.1 Å². The van der Waals surface area contributed by atoms with Crippen LogP contribution in [0, 0.1) is 5.41 Å². The van der Waals surface area contributed by atoms with Gasteiger partial charge >= 0.3 is 0 Å². The molecule has 0 atom stereocenters. The molecule has 0 heterocycles. The molecule has 2 nitrogen and oxygen atoms in total. The Labute approximate surface area is 119 Å². The van der Waals surface area contributed by atoms with E-state index in [-0.39, 0.29) is 5.54 Å². The van der Waals surface area contributed by atoms with Crippen molar-refractivity contribution < 1.29 is 0 Å². The Bertz CT molecular complexity index is 207. The van der Waals surface area contributed by atoms with Gasteiger partial charge in [0.25, 0.3) is 0 Å². The van der Waals surface area contributed by atoms with Crippen molar-refractivity contribution in [3.8, 4) is 0 Å². The molecule has 0 aromatic carbocycles. The zero-order valence-corrected chi connectivity index (χ0v) is 14.4. The van der Waals surface area contributed by atoms with Crippen LogP contribution in [0.5, 0.6) is 0 Å². The first-order valence-electron chi connectivity index (χ1n) is 7.21. The third-order valence-corrected chi connectivity index (χ3v) is 4.37. The van der Waals surface area contributed by atoms with Gasteiger partial charge in [0.2, 0.25) is 0 Å². The highest BCUT2D eigenvalue weighted by Gasteiger charge is 2.28. The minimum Gasteiger partial charge on any atom is -0.311 e. The fourth-order valence-electron chi connectivity index (χ4n) is 2.13. The molecule has 0 saturated carbocycles. The summed E-state index contributed by atoms with van der Waals surface area (Å²) in [5.74, 6) is 1.23. The zero-order valence-electron chi connectivity index (χ0n) is 13.6. The molecule has 18 heavy (non-hydrogen) atoms. The van der Waals surface area contributed by atoms with Gasteiger partial charge < -0.3 is 10.2 Å². The topological polar surface area (TPSA) is 15.3 Å². The van der Waals surface area contributed by atoms with Gasteiger partial charge in [-0.1, -0.05) is 13.8 Å². The van der Waals surface area contributed by atoms with Crippen LogP contribution in [0.3, 0.4) is 0 Å². The van der Waals surface area contributed by atoms with E-state index in [4.69, 9.17) is 0 Å². The predicted octanol–water partition coefficient (Wildman–Crippen LogP) is 3.48. The molecule has 3 heteroatoms. The molecule has 0 aromatic heterocycles. The van der Waals surface area contributed by atoms with Crippen molar-refractivity contribution in [1.29, 1.82) is 0 Å². The predicted molar refractivity (Wildman–Crippen MR) is 86.6 cm³/mol. The monoisotopic (exact) mass is 274 g/mol. The molecule has 0 amide bonds. The minimum absolute atomic E-state index is 0.216. The van der Waals surface area contributed by atoms with Gasteiger partial charge in [0.1, 0.15) is 0 Å². The van der Waals surface area contributed by atoms with Crippen LogP contribution in [0.1, 0.15) is 47.5 Å². The van der Waals surface area contributed by atoms with E-state index in [1.807, 2.05) is 11.8 Å². The Kier molecular flexibility index (Phi) is 8.57. The van der Waals surface area contributed by atoms with Crippen LogP contribution in [0.2, 0.25) is 0 Å². The fraction of sp³-hybridized carbons (Fsp3) is 1.00. The van der Waals surface area contributed by atoms with Crippen LogP contribution in [0.25, 0.3) is 0 Å². The average Bonchev–Trinajstić information content (AvgIpc) is 2.31. The highest BCUT2D eigenvalue weighted by Crippen LogP contribution is 2.27. The molecule has 110 valence electrons. The molecular weight excluding hydrogens is 240 g/mol. The summed E-state index contributed by atoms with van der Waals surface area (Å²) < 4.78 is 0. The molecule has 0 fully saturated rings. The largest absolute Gasteiger partial charge is 0.311 e. The molecule has 0 unspecified atom stereocenters. The van der Waals surface area contributed by atoms with Gasteiger partial charge in [0, 0.05) is 30.9 Å². The second kappa shape index (κ2) is 8.44. The molecule has 0 aliphatic carbocycles. The van der Waals surface area contributed by atoms with Gasteiger partial charge in [0.05, 0.1) is 0 Å². The van der Waals surface area contributed by atoms with Crippen LogP contribution in [0.4, 0.5) is 0 Å². The third-order valence-electron chi connectivity index (χ3n) is 3.78. The van der Waals surface area contributed by atoms with Crippen LogP contribution in [-0.2, 0) is 0 Å². The van der Waals surface area contributed by atoms with Gasteiger partial charge in [-0.15, -0.1) is 0 Å². The Morgan fingerprint density at radius 3 is 2.06 bits per heavy atom. The molecule has 0 rings (SSSR count). The maximum Gasteiger partial charge on any atom is 0.00967 e. The molecule has 0 bridgehead atoms. The van der Waals surface area contributed by atoms with Crippen molar-refractivity contribution in [3.05, 3.63) is 0 Å². The molecule has 0 aliphatic rings. The van der Waals surface area contributed by atoms with E-state index in [1.54, 1.807) is 0 Å². The minimum atomic E-state index is 0.216. The maximum atomic E-state index is 3.69. The van der Waals surface area contributed by atoms with Crippen molar-refractivity contribution in [2.45, 2.75) is 53.0 Å². The number of nitrogens with zero attached hydrogens (tertiary/aromatic N) is 1. The molecule has 0 aliphatic heterocycles. The summed E-state index contributed by atoms with van der Waals surface area (Å²) in [6.45, 7) is 14.9. The standard InChI is InChI=1S/C15H34N2S/c1-8-15(9-2,12-16-14(3,4)5)13-17(6)10-11-18-7/h16H,8-13H2,1-7H3. The van der Waals surface area contributed by atoms with E-state index in [9.17, 15) is 0 Å². The first-order chi connectivity index (χ1) is 8.28. The normalized spacial score (nSPS) is 13.3. The van der Waals surface area contributed by atoms with E-state index in [1.165, 1.54) is 31.7 Å². The first kappa shape index (κ1) is 18.3. The van der Waals surface area contributed by atoms with Crippen molar-refractivity contribution in [2.75, 3.05) is 38.7 Å². The smallest absolute Gasteiger partial charge is 0.00967 e. The SMILES string of the molecule is CCC(CC)(CNC(C)(C)C)CN(C)CCSC. The highest BCUT2D eigenvalue weighted by atomic mass is 32.2. The van der Waals surface area contributed by atoms with E-state index < -0.39 is 0 Å². The molecular formula is C15H34N2S. The quantitative estimate of drug-likeness (QED) is 0.693. The van der Waals surface area contributed by atoms with Gasteiger partial charge in [0.15, 0.2) is 0 Å². The lowest BCUT2D eigenvalue weighted by molar-refractivity contribution is 0.149. The Hall–Kier alpha value is 0.270. The van der Waals surface area contributed by atoms with E-state index in [2.05, 4.69) is 58.1 Å². The molecule has 0 aromatic rings. The highest BCUT2D eigenvalue weighted by molar-refractivity contribution is 7.98. The van der Waals surface area contributed by atoms with Gasteiger partial charge in [-0.3, -0.25) is 0 Å². The molecule has 1 N–H and O–H groups in total. The van der Waals surface area contributed by atoms with E-state index in [0.29, 0.717) is 5.41 Å². The lowest BCUT2D eigenvalue weighted by Crippen LogP contribution is -2.48. The van der Waals surface area contributed by atoms with Crippen molar-refractivity contribution >= 4 is 11.8 Å². The average molecular weight is 275 g/mol. The number of thioether (sulfide) groups is 1. The fourth-order valence-corrected chi connectivity index (χ4v) is 2.63. The summed E-state index contributed by atoms with van der Waals surface area (Å²) >= 11 is 1.93. The summed E-state index contributed by atoms with van der Waals surface area (Å²) in [6.07, 6.45) is 4.67. The summed E-state index contributed by atoms with van der Waals surface area (Å²) in [5, 5.41) is 3.69. The summed E-state index contributed by atoms with van der Waals surface area (Å²) in [7, 11) is 2.26. The Morgan fingerprint density at radius 2 is 1.67 bits per heavy atom. The van der Waals surface area contributed by atoms with Crippen molar-refractivity contribution in [2.24, 2.45) is 5.41 Å². The second-order valence-electron chi connectivity index (χ2n) is 6.54. The second-order valence-corrected chi connectivity index (χ2v) is 7.53. The molecule has 0 spiro atoms. The zero-order chi connectivity index (χ0) is 14.2. The maximum absolute atomic E-state index is 3.69. The van der Waals surface area contributed by atoms with Gasteiger partial charge in [-0.2, -0.15) is 11.8 Å². The van der Waals surface area contributed by atoms with Crippen LogP contribution >= 0.6 is 11.8 Å². The summed E-state index contributed by atoms with van der Waals surface area (Å²) in [5.41, 5.74) is 0.633. The van der Waals surface area contributed by atoms with E-state index in [0.717, 1.165) is 6.54 Å². The number of nitrogens with one attached hydrogen (secondary N) is 1. The van der Waals surface area contributed by atoms with Crippen molar-refractivity contribution in [1.82, 2.24) is 10.2 Å². The van der Waals surface area contributed by atoms with Crippen LogP contribution in [0.15, 0.2) is 0 Å². The van der Waals surface area contributed by atoms with Crippen LogP contribution < -0.4 is 5.32 Å². The number of hydrogen-bond acceptors (Lipinski definition) is 3. The lowest BCUT2D eigenvalue weighted by atomic mass is 9.81. The third kappa shape index (κ3) is 7.65. The number of rotatable bonds is 9. The first-order valence-corrected chi connectivity index (χ1v) is 8.60.